The zero-order valence-corrected chi connectivity index (χ0v) is 13.7. The second kappa shape index (κ2) is 8.03. The first-order valence-corrected chi connectivity index (χ1v) is 7.62. The van der Waals surface area contributed by atoms with E-state index in [1.165, 1.54) is 0 Å². The standard InChI is InChI=1S/C17H28N2O2/c1-11(2)10-15(18)17(20)19-13(5)14-8-6-7-9-16(14)21-12(3)4/h6-9,11-13,15H,10,18H2,1-5H3,(H,19,20). The van der Waals surface area contributed by atoms with Crippen LogP contribution in [0.5, 0.6) is 5.75 Å². The molecule has 0 bridgehead atoms. The van der Waals surface area contributed by atoms with Crippen LogP contribution >= 0.6 is 0 Å². The molecule has 3 N–H and O–H groups in total. The van der Waals surface area contributed by atoms with Gasteiger partial charge in [0.2, 0.25) is 5.91 Å². The third-order valence-corrected chi connectivity index (χ3v) is 3.17. The molecule has 0 aliphatic heterocycles. The fraction of sp³-hybridized carbons (Fsp3) is 0.588. The van der Waals surface area contributed by atoms with Crippen molar-refractivity contribution in [2.75, 3.05) is 0 Å². The molecule has 1 aromatic carbocycles. The topological polar surface area (TPSA) is 64.4 Å². The highest BCUT2D eigenvalue weighted by Crippen LogP contribution is 2.25. The molecule has 0 aromatic heterocycles. The number of carbonyl (C=O) groups is 1. The molecule has 118 valence electrons. The minimum atomic E-state index is -0.467. The van der Waals surface area contributed by atoms with Gasteiger partial charge in [-0.15, -0.1) is 0 Å². The molecule has 0 radical (unpaired) electrons. The van der Waals surface area contributed by atoms with Crippen molar-refractivity contribution in [3.05, 3.63) is 29.8 Å². The summed E-state index contributed by atoms with van der Waals surface area (Å²) in [5.74, 6) is 1.09. The van der Waals surface area contributed by atoms with Crippen LogP contribution in [0.4, 0.5) is 0 Å². The van der Waals surface area contributed by atoms with Gasteiger partial charge in [0, 0.05) is 5.56 Å². The predicted molar refractivity (Wildman–Crippen MR) is 86.2 cm³/mol. The van der Waals surface area contributed by atoms with Crippen LogP contribution in [0.15, 0.2) is 24.3 Å². The van der Waals surface area contributed by atoms with Gasteiger partial charge in [0.15, 0.2) is 0 Å². The number of rotatable bonds is 7. The number of carbonyl (C=O) groups excluding carboxylic acids is 1. The van der Waals surface area contributed by atoms with Crippen molar-refractivity contribution < 1.29 is 9.53 Å². The molecule has 0 heterocycles. The molecule has 1 amide bonds. The third-order valence-electron chi connectivity index (χ3n) is 3.17. The molecule has 0 spiro atoms. The van der Waals surface area contributed by atoms with Crippen molar-refractivity contribution in [3.63, 3.8) is 0 Å². The van der Waals surface area contributed by atoms with E-state index >= 15 is 0 Å². The van der Waals surface area contributed by atoms with E-state index in [1.54, 1.807) is 0 Å². The van der Waals surface area contributed by atoms with E-state index in [-0.39, 0.29) is 18.1 Å². The molecule has 1 aromatic rings. The summed E-state index contributed by atoms with van der Waals surface area (Å²) in [4.78, 5) is 12.1. The summed E-state index contributed by atoms with van der Waals surface area (Å²) in [5.41, 5.74) is 6.89. The number of nitrogens with one attached hydrogen (secondary N) is 1. The monoisotopic (exact) mass is 292 g/mol. The number of nitrogens with two attached hydrogens (primary N) is 1. The molecular weight excluding hydrogens is 264 g/mol. The summed E-state index contributed by atoms with van der Waals surface area (Å²) < 4.78 is 5.79. The summed E-state index contributed by atoms with van der Waals surface area (Å²) in [6.07, 6.45) is 0.778. The van der Waals surface area contributed by atoms with Gasteiger partial charge in [-0.25, -0.2) is 0 Å². The van der Waals surface area contributed by atoms with Gasteiger partial charge in [-0.05, 0) is 39.2 Å². The Hall–Kier alpha value is -1.55. The summed E-state index contributed by atoms with van der Waals surface area (Å²) in [6.45, 7) is 10.0. The van der Waals surface area contributed by atoms with Crippen LogP contribution < -0.4 is 15.8 Å². The molecule has 2 atom stereocenters. The summed E-state index contributed by atoms with van der Waals surface area (Å²) in [6, 6.07) is 7.17. The average Bonchev–Trinajstić information content (AvgIpc) is 2.37. The lowest BCUT2D eigenvalue weighted by Crippen LogP contribution is -2.42. The van der Waals surface area contributed by atoms with Gasteiger partial charge in [-0.2, -0.15) is 0 Å². The Morgan fingerprint density at radius 3 is 2.38 bits per heavy atom. The second-order valence-corrected chi connectivity index (χ2v) is 6.17. The lowest BCUT2D eigenvalue weighted by atomic mass is 10.0. The Bertz CT molecular complexity index is 458. The Morgan fingerprint density at radius 2 is 1.81 bits per heavy atom. The van der Waals surface area contributed by atoms with Gasteiger partial charge in [-0.1, -0.05) is 32.0 Å². The fourth-order valence-corrected chi connectivity index (χ4v) is 2.21. The van der Waals surface area contributed by atoms with Crippen molar-refractivity contribution in [2.24, 2.45) is 11.7 Å². The zero-order chi connectivity index (χ0) is 16.0. The molecule has 4 heteroatoms. The van der Waals surface area contributed by atoms with E-state index in [0.717, 1.165) is 11.3 Å². The van der Waals surface area contributed by atoms with Crippen molar-refractivity contribution in [1.29, 1.82) is 0 Å². The number of para-hydroxylation sites is 1. The molecule has 21 heavy (non-hydrogen) atoms. The lowest BCUT2D eigenvalue weighted by Gasteiger charge is -2.22. The maximum Gasteiger partial charge on any atom is 0.237 e. The van der Waals surface area contributed by atoms with E-state index in [1.807, 2.05) is 45.0 Å². The second-order valence-electron chi connectivity index (χ2n) is 6.17. The highest BCUT2D eigenvalue weighted by molar-refractivity contribution is 5.81. The Kier molecular flexibility index (Phi) is 6.69. The first-order valence-electron chi connectivity index (χ1n) is 7.62. The first-order chi connectivity index (χ1) is 9.81. The minimum Gasteiger partial charge on any atom is -0.491 e. The number of hydrogen-bond donors (Lipinski definition) is 2. The van der Waals surface area contributed by atoms with Crippen LogP contribution in [-0.4, -0.2) is 18.1 Å². The van der Waals surface area contributed by atoms with Gasteiger partial charge in [0.25, 0.3) is 0 Å². The van der Waals surface area contributed by atoms with Gasteiger partial charge < -0.3 is 15.8 Å². The number of benzene rings is 1. The first kappa shape index (κ1) is 17.5. The molecule has 4 nitrogen and oxygen atoms in total. The average molecular weight is 292 g/mol. The van der Waals surface area contributed by atoms with Crippen LogP contribution in [0.2, 0.25) is 0 Å². The van der Waals surface area contributed by atoms with Crippen LogP contribution in [0, 0.1) is 5.92 Å². The quantitative estimate of drug-likeness (QED) is 0.812. The summed E-state index contributed by atoms with van der Waals surface area (Å²) >= 11 is 0. The number of hydrogen-bond acceptors (Lipinski definition) is 3. The molecule has 0 saturated heterocycles. The fourth-order valence-electron chi connectivity index (χ4n) is 2.21. The summed E-state index contributed by atoms with van der Waals surface area (Å²) in [5, 5.41) is 2.97. The van der Waals surface area contributed by atoms with Crippen LogP contribution in [0.25, 0.3) is 0 Å². The zero-order valence-electron chi connectivity index (χ0n) is 13.7. The Labute approximate surface area is 128 Å². The molecule has 0 saturated carbocycles. The molecule has 2 unspecified atom stereocenters. The molecule has 1 rings (SSSR count). The maximum atomic E-state index is 12.1. The highest BCUT2D eigenvalue weighted by atomic mass is 16.5. The minimum absolute atomic E-state index is 0.0947. The van der Waals surface area contributed by atoms with E-state index in [9.17, 15) is 4.79 Å². The van der Waals surface area contributed by atoms with Crippen molar-refractivity contribution in [3.8, 4) is 5.75 Å². The van der Waals surface area contributed by atoms with E-state index in [4.69, 9.17) is 10.5 Å². The van der Waals surface area contributed by atoms with Crippen molar-refractivity contribution in [2.45, 2.75) is 59.2 Å². The van der Waals surface area contributed by atoms with Crippen molar-refractivity contribution >= 4 is 5.91 Å². The van der Waals surface area contributed by atoms with Gasteiger partial charge in [0.1, 0.15) is 5.75 Å². The number of amides is 1. The Balaban J connectivity index is 2.75. The summed E-state index contributed by atoms with van der Waals surface area (Å²) in [7, 11) is 0. The normalized spacial score (nSPS) is 14.1. The maximum absolute atomic E-state index is 12.1. The Morgan fingerprint density at radius 1 is 1.19 bits per heavy atom. The van der Waals surface area contributed by atoms with E-state index < -0.39 is 6.04 Å². The molecular formula is C17H28N2O2. The smallest absolute Gasteiger partial charge is 0.237 e. The molecule has 0 fully saturated rings. The van der Waals surface area contributed by atoms with Crippen LogP contribution in [0.1, 0.15) is 52.6 Å². The SMILES string of the molecule is CC(C)CC(N)C(=O)NC(C)c1ccccc1OC(C)C. The molecule has 0 aliphatic rings. The highest BCUT2D eigenvalue weighted by Gasteiger charge is 2.19. The van der Waals surface area contributed by atoms with Crippen molar-refractivity contribution in [1.82, 2.24) is 5.32 Å². The van der Waals surface area contributed by atoms with Crippen LogP contribution in [0.3, 0.4) is 0 Å². The number of ether oxygens (including phenoxy) is 1. The molecule has 0 aliphatic carbocycles. The van der Waals surface area contributed by atoms with E-state index in [2.05, 4.69) is 19.2 Å². The van der Waals surface area contributed by atoms with Gasteiger partial charge in [-0.3, -0.25) is 4.79 Å². The largest absolute Gasteiger partial charge is 0.491 e. The lowest BCUT2D eigenvalue weighted by molar-refractivity contribution is -0.123. The van der Waals surface area contributed by atoms with Gasteiger partial charge >= 0.3 is 0 Å². The predicted octanol–water partition coefficient (Wildman–Crippen LogP) is 3.02. The van der Waals surface area contributed by atoms with E-state index in [0.29, 0.717) is 12.3 Å². The van der Waals surface area contributed by atoms with Gasteiger partial charge in [0.05, 0.1) is 18.2 Å². The van der Waals surface area contributed by atoms with Crippen LogP contribution in [-0.2, 0) is 4.79 Å². The third kappa shape index (κ3) is 5.76.